The highest BCUT2D eigenvalue weighted by atomic mass is 32.2. The third-order valence-electron chi connectivity index (χ3n) is 5.01. The molecule has 2 aromatic rings. The number of halogens is 1. The Balaban J connectivity index is 1.35. The lowest BCUT2D eigenvalue weighted by Crippen LogP contribution is -2.51. The Hall–Kier alpha value is -2.87. The summed E-state index contributed by atoms with van der Waals surface area (Å²) in [5.74, 6) is -0.0889. The van der Waals surface area contributed by atoms with Crippen LogP contribution >= 0.6 is 11.8 Å². The zero-order valence-corrected chi connectivity index (χ0v) is 18.3. The highest BCUT2D eigenvalue weighted by Gasteiger charge is 2.24. The first kappa shape index (κ1) is 22.8. The summed E-state index contributed by atoms with van der Waals surface area (Å²) in [6.07, 6.45) is 0.222. The average Bonchev–Trinajstić information content (AvgIpc) is 2.75. The summed E-state index contributed by atoms with van der Waals surface area (Å²) in [5.41, 5.74) is 2.58. The Kier molecular flexibility index (Phi) is 8.06. The fourth-order valence-electron chi connectivity index (χ4n) is 3.34. The van der Waals surface area contributed by atoms with Gasteiger partial charge in [-0.3, -0.25) is 14.4 Å². The molecule has 164 valence electrons. The molecule has 1 fully saturated rings. The number of carbonyl (C=O) groups is 3. The number of carbonyl (C=O) groups excluding carboxylic acids is 3. The minimum atomic E-state index is -0.325. The van der Waals surface area contributed by atoms with Gasteiger partial charge in [-0.05, 0) is 42.3 Å². The van der Waals surface area contributed by atoms with Gasteiger partial charge in [-0.25, -0.2) is 4.39 Å². The van der Waals surface area contributed by atoms with Crippen LogP contribution in [-0.2, 0) is 20.8 Å². The van der Waals surface area contributed by atoms with Gasteiger partial charge in [0.2, 0.25) is 17.7 Å². The quantitative estimate of drug-likeness (QED) is 0.715. The average molecular weight is 444 g/mol. The molecule has 31 heavy (non-hydrogen) atoms. The van der Waals surface area contributed by atoms with E-state index in [0.717, 1.165) is 16.8 Å². The maximum Gasteiger partial charge on any atom is 0.234 e. The van der Waals surface area contributed by atoms with E-state index < -0.39 is 0 Å². The molecule has 3 amide bonds. The summed E-state index contributed by atoms with van der Waals surface area (Å²) in [7, 11) is 0. The second kappa shape index (κ2) is 10.9. The summed E-state index contributed by atoms with van der Waals surface area (Å²) in [4.78, 5) is 40.4. The summed E-state index contributed by atoms with van der Waals surface area (Å²) in [5, 5.41) is 2.83. The number of nitrogens with zero attached hydrogens (tertiary/aromatic N) is 2. The summed E-state index contributed by atoms with van der Waals surface area (Å²) in [6, 6.07) is 13.5. The van der Waals surface area contributed by atoms with Crippen LogP contribution in [0.15, 0.2) is 48.5 Å². The molecule has 0 saturated carbocycles. The van der Waals surface area contributed by atoms with Gasteiger partial charge < -0.3 is 15.1 Å². The van der Waals surface area contributed by atoms with E-state index in [2.05, 4.69) is 5.32 Å². The van der Waals surface area contributed by atoms with Gasteiger partial charge in [0.1, 0.15) is 5.82 Å². The Morgan fingerprint density at radius 1 is 0.935 bits per heavy atom. The highest BCUT2D eigenvalue weighted by Crippen LogP contribution is 2.12. The Morgan fingerprint density at radius 2 is 1.58 bits per heavy atom. The molecular formula is C23H26FN3O3S. The largest absolute Gasteiger partial charge is 0.339 e. The van der Waals surface area contributed by atoms with Crippen molar-refractivity contribution in [3.8, 4) is 0 Å². The SMILES string of the molecule is Cc1cccc(NC(=O)CSCC(=O)N2CCN(C(=O)Cc3ccc(F)cc3)CC2)c1. The monoisotopic (exact) mass is 443 g/mol. The zero-order chi connectivity index (χ0) is 22.2. The number of thioether (sulfide) groups is 1. The summed E-state index contributed by atoms with van der Waals surface area (Å²) >= 11 is 1.28. The summed E-state index contributed by atoms with van der Waals surface area (Å²) in [6.45, 7) is 3.86. The molecule has 1 saturated heterocycles. The minimum Gasteiger partial charge on any atom is -0.339 e. The molecule has 1 heterocycles. The van der Waals surface area contributed by atoms with Crippen molar-refractivity contribution < 1.29 is 18.8 Å². The van der Waals surface area contributed by atoms with Crippen LogP contribution in [0.5, 0.6) is 0 Å². The zero-order valence-electron chi connectivity index (χ0n) is 17.5. The summed E-state index contributed by atoms with van der Waals surface area (Å²) < 4.78 is 13.0. The van der Waals surface area contributed by atoms with Crippen molar-refractivity contribution in [1.82, 2.24) is 9.80 Å². The molecule has 1 N–H and O–H groups in total. The Morgan fingerprint density at radius 3 is 2.23 bits per heavy atom. The van der Waals surface area contributed by atoms with Crippen LogP contribution in [0.4, 0.5) is 10.1 Å². The van der Waals surface area contributed by atoms with Crippen molar-refractivity contribution >= 4 is 35.2 Å². The first-order chi connectivity index (χ1) is 14.9. The van der Waals surface area contributed by atoms with E-state index >= 15 is 0 Å². The first-order valence-electron chi connectivity index (χ1n) is 10.1. The third kappa shape index (κ3) is 7.10. The standard InChI is InChI=1S/C23H26FN3O3S/c1-17-3-2-4-20(13-17)25-21(28)15-31-16-23(30)27-11-9-26(10-12-27)22(29)14-18-5-7-19(24)8-6-18/h2-8,13H,9-12,14-16H2,1H3,(H,25,28). The molecule has 0 aliphatic carbocycles. The van der Waals surface area contributed by atoms with Crippen LogP contribution in [0.1, 0.15) is 11.1 Å². The van der Waals surface area contributed by atoms with E-state index in [1.54, 1.807) is 21.9 Å². The normalized spacial score (nSPS) is 13.7. The molecule has 3 rings (SSSR count). The van der Waals surface area contributed by atoms with Crippen LogP contribution in [0.2, 0.25) is 0 Å². The molecule has 1 aliphatic rings. The predicted molar refractivity (Wildman–Crippen MR) is 120 cm³/mol. The number of hydrogen-bond acceptors (Lipinski definition) is 4. The number of aryl methyl sites for hydroxylation is 1. The van der Waals surface area contributed by atoms with E-state index in [-0.39, 0.29) is 41.5 Å². The number of piperazine rings is 1. The van der Waals surface area contributed by atoms with Gasteiger partial charge in [-0.2, -0.15) is 0 Å². The molecule has 0 radical (unpaired) electrons. The predicted octanol–water partition coefficient (Wildman–Crippen LogP) is 2.72. The van der Waals surface area contributed by atoms with E-state index in [4.69, 9.17) is 0 Å². The van der Waals surface area contributed by atoms with Crippen LogP contribution in [0.25, 0.3) is 0 Å². The van der Waals surface area contributed by atoms with Crippen molar-refractivity contribution in [2.45, 2.75) is 13.3 Å². The molecule has 6 nitrogen and oxygen atoms in total. The number of amides is 3. The van der Waals surface area contributed by atoms with Gasteiger partial charge >= 0.3 is 0 Å². The number of benzene rings is 2. The fraction of sp³-hybridized carbons (Fsp3) is 0.348. The molecule has 0 bridgehead atoms. The molecule has 8 heteroatoms. The van der Waals surface area contributed by atoms with Gasteiger partial charge in [-0.15, -0.1) is 11.8 Å². The third-order valence-corrected chi connectivity index (χ3v) is 5.93. The lowest BCUT2D eigenvalue weighted by molar-refractivity contribution is -0.137. The molecule has 1 aliphatic heterocycles. The van der Waals surface area contributed by atoms with E-state index in [9.17, 15) is 18.8 Å². The van der Waals surface area contributed by atoms with Crippen molar-refractivity contribution in [2.24, 2.45) is 0 Å². The molecule has 0 spiro atoms. The van der Waals surface area contributed by atoms with E-state index in [0.29, 0.717) is 26.2 Å². The van der Waals surface area contributed by atoms with E-state index in [1.165, 1.54) is 23.9 Å². The lowest BCUT2D eigenvalue weighted by atomic mass is 10.1. The van der Waals surface area contributed by atoms with Crippen molar-refractivity contribution in [3.63, 3.8) is 0 Å². The van der Waals surface area contributed by atoms with Crippen LogP contribution in [0, 0.1) is 12.7 Å². The first-order valence-corrected chi connectivity index (χ1v) is 11.3. The Bertz CT molecular complexity index is 928. The molecule has 0 atom stereocenters. The van der Waals surface area contributed by atoms with Gasteiger partial charge in [0.05, 0.1) is 17.9 Å². The molecule has 0 aromatic heterocycles. The van der Waals surface area contributed by atoms with Crippen LogP contribution in [0.3, 0.4) is 0 Å². The Labute approximate surface area is 185 Å². The molecular weight excluding hydrogens is 417 g/mol. The number of hydrogen-bond donors (Lipinski definition) is 1. The molecule has 2 aromatic carbocycles. The van der Waals surface area contributed by atoms with Crippen LogP contribution < -0.4 is 5.32 Å². The second-order valence-electron chi connectivity index (χ2n) is 7.48. The van der Waals surface area contributed by atoms with Crippen molar-refractivity contribution in [3.05, 3.63) is 65.5 Å². The molecule has 0 unspecified atom stereocenters. The van der Waals surface area contributed by atoms with Gasteiger partial charge in [0.15, 0.2) is 0 Å². The van der Waals surface area contributed by atoms with Gasteiger partial charge in [-0.1, -0.05) is 24.3 Å². The van der Waals surface area contributed by atoms with Gasteiger partial charge in [0, 0.05) is 31.9 Å². The van der Waals surface area contributed by atoms with Crippen molar-refractivity contribution in [2.75, 3.05) is 43.0 Å². The van der Waals surface area contributed by atoms with Crippen molar-refractivity contribution in [1.29, 1.82) is 0 Å². The van der Waals surface area contributed by atoms with Gasteiger partial charge in [0.25, 0.3) is 0 Å². The minimum absolute atomic E-state index is 0.0269. The number of rotatable bonds is 7. The number of nitrogens with one attached hydrogen (secondary N) is 1. The van der Waals surface area contributed by atoms with E-state index in [1.807, 2.05) is 31.2 Å². The maximum atomic E-state index is 13.0. The lowest BCUT2D eigenvalue weighted by Gasteiger charge is -2.34. The highest BCUT2D eigenvalue weighted by molar-refractivity contribution is 8.00. The number of anilines is 1. The fourth-order valence-corrected chi connectivity index (χ4v) is 4.05. The second-order valence-corrected chi connectivity index (χ2v) is 8.46. The smallest absolute Gasteiger partial charge is 0.234 e. The van der Waals surface area contributed by atoms with Crippen LogP contribution in [-0.4, -0.2) is 65.2 Å². The maximum absolute atomic E-state index is 13.0. The topological polar surface area (TPSA) is 69.7 Å².